The van der Waals surface area contributed by atoms with Crippen molar-refractivity contribution >= 4 is 0 Å². The Morgan fingerprint density at radius 1 is 1.22 bits per heavy atom. The fourth-order valence-corrected chi connectivity index (χ4v) is 2.80. The molecule has 100 valence electrons. The molecule has 0 saturated heterocycles. The second-order valence-corrected chi connectivity index (χ2v) is 5.12. The molecule has 2 rings (SSSR count). The fraction of sp³-hybridized carbons (Fsp3) is 0.600. The molecule has 1 saturated carbocycles. The highest BCUT2D eigenvalue weighted by Crippen LogP contribution is 2.18. The number of halogens is 1. The first-order valence-corrected chi connectivity index (χ1v) is 6.90. The van der Waals surface area contributed by atoms with Crippen LogP contribution in [0.25, 0.3) is 0 Å². The van der Waals surface area contributed by atoms with Crippen LogP contribution in [0.15, 0.2) is 24.3 Å². The van der Waals surface area contributed by atoms with Crippen LogP contribution >= 0.6 is 0 Å². The van der Waals surface area contributed by atoms with Crippen LogP contribution in [0.3, 0.4) is 0 Å². The number of benzene rings is 1. The smallest absolute Gasteiger partial charge is 0.123 e. The average molecular weight is 252 g/mol. The van der Waals surface area contributed by atoms with Crippen molar-refractivity contribution in [3.63, 3.8) is 0 Å². The van der Waals surface area contributed by atoms with Crippen LogP contribution in [-0.4, -0.2) is 25.8 Å². The van der Waals surface area contributed by atoms with E-state index in [9.17, 15) is 4.39 Å². The first-order chi connectivity index (χ1) is 8.79. The van der Waals surface area contributed by atoms with Gasteiger partial charge in [-0.2, -0.15) is 0 Å². The van der Waals surface area contributed by atoms with Crippen LogP contribution in [0.2, 0.25) is 0 Å². The number of methoxy groups -OCH3 is 1. The Morgan fingerprint density at radius 2 is 1.94 bits per heavy atom. The second-order valence-electron chi connectivity index (χ2n) is 5.12. The Labute approximate surface area is 109 Å². The maximum atomic E-state index is 12.8. The molecule has 2 N–H and O–H groups in total. The van der Waals surface area contributed by atoms with Crippen molar-refractivity contribution in [2.24, 2.45) is 0 Å². The van der Waals surface area contributed by atoms with E-state index in [0.29, 0.717) is 12.1 Å². The van der Waals surface area contributed by atoms with Gasteiger partial charge in [0.25, 0.3) is 0 Å². The maximum Gasteiger partial charge on any atom is 0.123 e. The lowest BCUT2D eigenvalue weighted by molar-refractivity contribution is -0.698. The zero-order chi connectivity index (χ0) is 12.8. The Morgan fingerprint density at radius 3 is 2.67 bits per heavy atom. The van der Waals surface area contributed by atoms with E-state index >= 15 is 0 Å². The highest BCUT2D eigenvalue weighted by Gasteiger charge is 2.27. The molecule has 0 radical (unpaired) electrons. The molecule has 0 aliphatic heterocycles. The Bertz CT molecular complexity index is 352. The van der Waals surface area contributed by atoms with Crippen LogP contribution in [-0.2, 0) is 11.2 Å². The molecule has 1 aliphatic carbocycles. The SMILES string of the molecule is CO[C@H]1CCCC[C@@H]1[NH2+]CCc1ccc(F)cc1. The number of ether oxygens (including phenoxy) is 1. The third kappa shape index (κ3) is 3.79. The minimum atomic E-state index is -0.158. The van der Waals surface area contributed by atoms with Gasteiger partial charge in [0.05, 0.1) is 6.54 Å². The molecule has 0 amide bonds. The lowest BCUT2D eigenvalue weighted by Crippen LogP contribution is -2.93. The van der Waals surface area contributed by atoms with Crippen molar-refractivity contribution < 1.29 is 14.4 Å². The van der Waals surface area contributed by atoms with Crippen LogP contribution in [0.1, 0.15) is 31.2 Å². The largest absolute Gasteiger partial charge is 0.375 e. The van der Waals surface area contributed by atoms with E-state index in [2.05, 4.69) is 5.32 Å². The summed E-state index contributed by atoms with van der Waals surface area (Å²) in [5.41, 5.74) is 1.21. The average Bonchev–Trinajstić information content (AvgIpc) is 2.41. The molecule has 1 fully saturated rings. The summed E-state index contributed by atoms with van der Waals surface area (Å²) in [5, 5.41) is 2.40. The molecule has 0 unspecified atom stereocenters. The zero-order valence-corrected chi connectivity index (χ0v) is 11.1. The monoisotopic (exact) mass is 252 g/mol. The van der Waals surface area contributed by atoms with Gasteiger partial charge in [0.1, 0.15) is 18.0 Å². The van der Waals surface area contributed by atoms with E-state index in [-0.39, 0.29) is 5.82 Å². The summed E-state index contributed by atoms with van der Waals surface area (Å²) in [4.78, 5) is 0. The van der Waals surface area contributed by atoms with Crippen molar-refractivity contribution in [1.29, 1.82) is 0 Å². The minimum Gasteiger partial charge on any atom is -0.375 e. The molecule has 1 aromatic rings. The summed E-state index contributed by atoms with van der Waals surface area (Å²) < 4.78 is 18.3. The van der Waals surface area contributed by atoms with Gasteiger partial charge in [-0.1, -0.05) is 18.6 Å². The zero-order valence-electron chi connectivity index (χ0n) is 11.1. The molecule has 2 atom stereocenters. The molecule has 1 aliphatic rings. The van der Waals surface area contributed by atoms with Gasteiger partial charge in [-0.15, -0.1) is 0 Å². The van der Waals surface area contributed by atoms with Gasteiger partial charge in [-0.05, 0) is 30.5 Å². The van der Waals surface area contributed by atoms with Gasteiger partial charge in [-0.3, -0.25) is 0 Å². The molecule has 18 heavy (non-hydrogen) atoms. The van der Waals surface area contributed by atoms with Crippen LogP contribution < -0.4 is 5.32 Å². The lowest BCUT2D eigenvalue weighted by atomic mass is 9.92. The molecule has 0 spiro atoms. The first kappa shape index (κ1) is 13.5. The van der Waals surface area contributed by atoms with Gasteiger partial charge < -0.3 is 10.1 Å². The van der Waals surface area contributed by atoms with E-state index in [1.165, 1.54) is 43.4 Å². The number of rotatable bonds is 5. The highest BCUT2D eigenvalue weighted by molar-refractivity contribution is 5.15. The number of hydrogen-bond acceptors (Lipinski definition) is 1. The Hall–Kier alpha value is -0.930. The summed E-state index contributed by atoms with van der Waals surface area (Å²) in [7, 11) is 1.82. The van der Waals surface area contributed by atoms with E-state index < -0.39 is 0 Å². The number of quaternary nitrogens is 1. The Balaban J connectivity index is 1.75. The number of hydrogen-bond donors (Lipinski definition) is 1. The van der Waals surface area contributed by atoms with Crippen LogP contribution in [0.4, 0.5) is 4.39 Å². The maximum absolute atomic E-state index is 12.8. The summed E-state index contributed by atoms with van der Waals surface area (Å²) in [6.07, 6.45) is 6.45. The molecular formula is C15H23FNO+. The topological polar surface area (TPSA) is 25.8 Å². The molecule has 3 heteroatoms. The summed E-state index contributed by atoms with van der Waals surface area (Å²) in [6.45, 7) is 1.05. The van der Waals surface area contributed by atoms with E-state index in [1.54, 1.807) is 0 Å². The molecule has 0 aromatic heterocycles. The summed E-state index contributed by atoms with van der Waals surface area (Å²) in [5.74, 6) is -0.158. The van der Waals surface area contributed by atoms with Crippen molar-refractivity contribution in [2.75, 3.05) is 13.7 Å². The van der Waals surface area contributed by atoms with Crippen molar-refractivity contribution in [3.05, 3.63) is 35.6 Å². The van der Waals surface area contributed by atoms with Gasteiger partial charge >= 0.3 is 0 Å². The van der Waals surface area contributed by atoms with Crippen molar-refractivity contribution in [1.82, 2.24) is 0 Å². The quantitative estimate of drug-likeness (QED) is 0.851. The van der Waals surface area contributed by atoms with Gasteiger partial charge in [0.15, 0.2) is 0 Å². The third-order valence-corrected chi connectivity index (χ3v) is 3.87. The van der Waals surface area contributed by atoms with E-state index in [4.69, 9.17) is 4.74 Å². The lowest BCUT2D eigenvalue weighted by Gasteiger charge is -2.28. The molecule has 2 nitrogen and oxygen atoms in total. The number of nitrogens with two attached hydrogens (primary N) is 1. The summed E-state index contributed by atoms with van der Waals surface area (Å²) >= 11 is 0. The molecular weight excluding hydrogens is 229 g/mol. The normalized spacial score (nSPS) is 24.1. The fourth-order valence-electron chi connectivity index (χ4n) is 2.80. The second kappa shape index (κ2) is 6.86. The minimum absolute atomic E-state index is 0.158. The van der Waals surface area contributed by atoms with E-state index in [1.807, 2.05) is 19.2 Å². The third-order valence-electron chi connectivity index (χ3n) is 3.87. The van der Waals surface area contributed by atoms with Crippen molar-refractivity contribution in [2.45, 2.75) is 44.2 Å². The van der Waals surface area contributed by atoms with Crippen molar-refractivity contribution in [3.8, 4) is 0 Å². The van der Waals surface area contributed by atoms with Crippen LogP contribution in [0.5, 0.6) is 0 Å². The van der Waals surface area contributed by atoms with Gasteiger partial charge in [-0.25, -0.2) is 4.39 Å². The standard InChI is InChI=1S/C15H22FNO/c1-18-15-5-3-2-4-14(15)17-11-10-12-6-8-13(16)9-7-12/h6-9,14-15,17H,2-5,10-11H2,1H3/p+1/t14-,15-/m0/s1. The predicted molar refractivity (Wildman–Crippen MR) is 69.9 cm³/mol. The molecule has 0 bridgehead atoms. The van der Waals surface area contributed by atoms with Gasteiger partial charge in [0.2, 0.25) is 0 Å². The van der Waals surface area contributed by atoms with Crippen LogP contribution in [0, 0.1) is 5.82 Å². The summed E-state index contributed by atoms with van der Waals surface area (Å²) in [6, 6.07) is 7.42. The Kier molecular flexibility index (Phi) is 5.14. The first-order valence-electron chi connectivity index (χ1n) is 6.90. The highest BCUT2D eigenvalue weighted by atomic mass is 19.1. The molecule has 1 aromatic carbocycles. The van der Waals surface area contributed by atoms with Gasteiger partial charge in [0, 0.05) is 20.0 Å². The van der Waals surface area contributed by atoms with E-state index in [0.717, 1.165) is 13.0 Å². The molecule has 0 heterocycles. The predicted octanol–water partition coefficient (Wildman–Crippen LogP) is 1.89.